The molecule has 2 atom stereocenters. The largest absolute Gasteiger partial charge is 0.444 e. The summed E-state index contributed by atoms with van der Waals surface area (Å²) >= 11 is 0. The Balaban J connectivity index is 2.58. The Morgan fingerprint density at radius 2 is 2.05 bits per heavy atom. The van der Waals surface area contributed by atoms with Crippen LogP contribution in [0.5, 0.6) is 0 Å². The molecule has 1 amide bonds. The van der Waals surface area contributed by atoms with Crippen LogP contribution in [-0.2, 0) is 14.2 Å². The number of carbonyl (C=O) groups is 1. The van der Waals surface area contributed by atoms with Crippen LogP contribution in [0.15, 0.2) is 0 Å². The van der Waals surface area contributed by atoms with Crippen molar-refractivity contribution in [2.45, 2.75) is 38.9 Å². The van der Waals surface area contributed by atoms with E-state index in [1.807, 2.05) is 20.8 Å². The Labute approximate surface area is 114 Å². The summed E-state index contributed by atoms with van der Waals surface area (Å²) in [5, 5.41) is 9.30. The fourth-order valence-electron chi connectivity index (χ4n) is 2.05. The number of aliphatic hydroxyl groups is 1. The Bertz CT molecular complexity index is 289. The minimum atomic E-state index is -0.522. The molecule has 0 bridgehead atoms. The van der Waals surface area contributed by atoms with Crippen LogP contribution in [0.1, 0.15) is 27.2 Å². The molecule has 0 aromatic heterocycles. The van der Waals surface area contributed by atoms with Crippen molar-refractivity contribution in [3.8, 4) is 0 Å². The average Bonchev–Trinajstić information content (AvgIpc) is 2.33. The topological polar surface area (TPSA) is 68.2 Å². The first kappa shape index (κ1) is 16.2. The number of ether oxygens (including phenoxy) is 3. The molecule has 0 aromatic rings. The maximum atomic E-state index is 12.0. The van der Waals surface area contributed by atoms with Gasteiger partial charge in [0.05, 0.1) is 12.6 Å². The summed E-state index contributed by atoms with van der Waals surface area (Å²) in [5.41, 5.74) is -0.522. The SMILES string of the molecule is COCO[C@H]1C[C@@H](CO)CN(C(=O)OC(C)(C)C)C1. The van der Waals surface area contributed by atoms with E-state index in [4.69, 9.17) is 14.2 Å². The molecule has 1 fully saturated rings. The smallest absolute Gasteiger partial charge is 0.410 e. The van der Waals surface area contributed by atoms with Gasteiger partial charge in [-0.25, -0.2) is 4.79 Å². The number of carbonyl (C=O) groups excluding carboxylic acids is 1. The number of nitrogens with zero attached hydrogens (tertiary/aromatic N) is 1. The number of hydrogen-bond donors (Lipinski definition) is 1. The van der Waals surface area contributed by atoms with Crippen LogP contribution in [-0.4, -0.2) is 61.4 Å². The Morgan fingerprint density at radius 1 is 1.37 bits per heavy atom. The van der Waals surface area contributed by atoms with Crippen LogP contribution in [0.3, 0.4) is 0 Å². The Kier molecular flexibility index (Phi) is 6.03. The van der Waals surface area contributed by atoms with Crippen LogP contribution in [0, 0.1) is 5.92 Å². The maximum Gasteiger partial charge on any atom is 0.410 e. The molecular weight excluding hydrogens is 250 g/mol. The third-order valence-electron chi connectivity index (χ3n) is 2.83. The number of methoxy groups -OCH3 is 1. The van der Waals surface area contributed by atoms with Gasteiger partial charge in [-0.2, -0.15) is 0 Å². The molecule has 0 aromatic carbocycles. The molecule has 1 saturated heterocycles. The molecule has 19 heavy (non-hydrogen) atoms. The molecule has 1 heterocycles. The zero-order valence-corrected chi connectivity index (χ0v) is 12.2. The number of hydrogen-bond acceptors (Lipinski definition) is 5. The lowest BCUT2D eigenvalue weighted by Crippen LogP contribution is -2.49. The Morgan fingerprint density at radius 3 is 2.58 bits per heavy atom. The predicted molar refractivity (Wildman–Crippen MR) is 69.7 cm³/mol. The van der Waals surface area contributed by atoms with Gasteiger partial charge in [-0.3, -0.25) is 0 Å². The van der Waals surface area contributed by atoms with E-state index in [-0.39, 0.29) is 31.5 Å². The van der Waals surface area contributed by atoms with E-state index >= 15 is 0 Å². The average molecular weight is 275 g/mol. The van der Waals surface area contributed by atoms with Crippen LogP contribution in [0.2, 0.25) is 0 Å². The van der Waals surface area contributed by atoms with Gasteiger partial charge in [-0.1, -0.05) is 0 Å². The zero-order valence-electron chi connectivity index (χ0n) is 12.2. The molecule has 0 radical (unpaired) electrons. The first-order chi connectivity index (χ1) is 8.85. The summed E-state index contributed by atoms with van der Waals surface area (Å²) in [6, 6.07) is 0. The van der Waals surface area contributed by atoms with Crippen molar-refractivity contribution in [2.75, 3.05) is 33.6 Å². The number of aliphatic hydroxyl groups excluding tert-OH is 1. The van der Waals surface area contributed by atoms with Crippen LogP contribution in [0.25, 0.3) is 0 Å². The van der Waals surface area contributed by atoms with E-state index in [2.05, 4.69) is 0 Å². The van der Waals surface area contributed by atoms with Crippen molar-refractivity contribution in [1.82, 2.24) is 4.90 Å². The van der Waals surface area contributed by atoms with E-state index in [1.165, 1.54) is 0 Å². The summed E-state index contributed by atoms with van der Waals surface area (Å²) in [7, 11) is 1.55. The highest BCUT2D eigenvalue weighted by Crippen LogP contribution is 2.21. The third kappa shape index (κ3) is 5.76. The lowest BCUT2D eigenvalue weighted by atomic mass is 9.97. The maximum absolute atomic E-state index is 12.0. The summed E-state index contributed by atoms with van der Waals surface area (Å²) in [5.74, 6) is 0.0168. The fraction of sp³-hybridized carbons (Fsp3) is 0.923. The lowest BCUT2D eigenvalue weighted by molar-refractivity contribution is -0.104. The second-order valence-corrected chi connectivity index (χ2v) is 5.86. The van der Waals surface area contributed by atoms with Gasteiger partial charge in [-0.15, -0.1) is 0 Å². The number of likely N-dealkylation sites (tertiary alicyclic amines) is 1. The minimum Gasteiger partial charge on any atom is -0.444 e. The highest BCUT2D eigenvalue weighted by Gasteiger charge is 2.32. The van der Waals surface area contributed by atoms with E-state index in [1.54, 1.807) is 12.0 Å². The monoisotopic (exact) mass is 275 g/mol. The number of amides is 1. The zero-order chi connectivity index (χ0) is 14.5. The van der Waals surface area contributed by atoms with Gasteiger partial charge in [0.15, 0.2) is 0 Å². The second kappa shape index (κ2) is 7.07. The molecule has 0 spiro atoms. The molecule has 112 valence electrons. The van der Waals surface area contributed by atoms with Crippen LogP contribution < -0.4 is 0 Å². The highest BCUT2D eigenvalue weighted by molar-refractivity contribution is 5.68. The fourth-order valence-corrected chi connectivity index (χ4v) is 2.05. The summed E-state index contributed by atoms with van der Waals surface area (Å²) < 4.78 is 15.7. The van der Waals surface area contributed by atoms with E-state index in [9.17, 15) is 9.90 Å². The number of piperidine rings is 1. The van der Waals surface area contributed by atoms with Crippen molar-refractivity contribution in [3.63, 3.8) is 0 Å². The van der Waals surface area contributed by atoms with Crippen molar-refractivity contribution in [1.29, 1.82) is 0 Å². The molecule has 6 heteroatoms. The standard InChI is InChI=1S/C13H25NO5/c1-13(2,3)19-12(16)14-6-10(8-15)5-11(7-14)18-9-17-4/h10-11,15H,5-9H2,1-4H3/t10-,11+/m1/s1. The van der Waals surface area contributed by atoms with Crippen molar-refractivity contribution in [2.24, 2.45) is 5.92 Å². The van der Waals surface area contributed by atoms with Crippen LogP contribution >= 0.6 is 0 Å². The van der Waals surface area contributed by atoms with Gasteiger partial charge in [0, 0.05) is 26.2 Å². The lowest BCUT2D eigenvalue weighted by Gasteiger charge is -2.37. The van der Waals surface area contributed by atoms with Gasteiger partial charge in [0.25, 0.3) is 0 Å². The van der Waals surface area contributed by atoms with Crippen molar-refractivity contribution < 1.29 is 24.1 Å². The van der Waals surface area contributed by atoms with Crippen molar-refractivity contribution in [3.05, 3.63) is 0 Å². The summed E-state index contributed by atoms with van der Waals surface area (Å²) in [6.07, 6.45) is 0.231. The molecule has 1 N–H and O–H groups in total. The molecule has 0 aliphatic carbocycles. The van der Waals surface area contributed by atoms with Gasteiger partial charge >= 0.3 is 6.09 Å². The molecule has 6 nitrogen and oxygen atoms in total. The minimum absolute atomic E-state index is 0.0168. The predicted octanol–water partition coefficient (Wildman–Crippen LogP) is 1.22. The van der Waals surface area contributed by atoms with Crippen LogP contribution in [0.4, 0.5) is 4.79 Å². The first-order valence-electron chi connectivity index (χ1n) is 6.55. The number of rotatable bonds is 4. The molecule has 0 saturated carbocycles. The molecule has 1 aliphatic rings. The third-order valence-corrected chi connectivity index (χ3v) is 2.83. The summed E-state index contributed by atoms with van der Waals surface area (Å²) in [4.78, 5) is 13.6. The quantitative estimate of drug-likeness (QED) is 0.781. The van der Waals surface area contributed by atoms with E-state index in [0.29, 0.717) is 13.1 Å². The van der Waals surface area contributed by atoms with E-state index in [0.717, 1.165) is 6.42 Å². The van der Waals surface area contributed by atoms with E-state index < -0.39 is 5.60 Å². The second-order valence-electron chi connectivity index (χ2n) is 5.86. The molecule has 1 aliphatic heterocycles. The summed E-state index contributed by atoms with van der Waals surface area (Å²) in [6.45, 7) is 6.68. The molecule has 1 rings (SSSR count). The first-order valence-corrected chi connectivity index (χ1v) is 6.55. The van der Waals surface area contributed by atoms with Gasteiger partial charge in [0.2, 0.25) is 0 Å². The van der Waals surface area contributed by atoms with Crippen molar-refractivity contribution >= 4 is 6.09 Å². The normalized spacial score (nSPS) is 24.4. The molecule has 0 unspecified atom stereocenters. The highest BCUT2D eigenvalue weighted by atomic mass is 16.7. The molecular formula is C13H25NO5. The van der Waals surface area contributed by atoms with Gasteiger partial charge in [-0.05, 0) is 27.2 Å². The van der Waals surface area contributed by atoms with Gasteiger partial charge < -0.3 is 24.2 Å². The van der Waals surface area contributed by atoms with Gasteiger partial charge in [0.1, 0.15) is 12.4 Å². The Hall–Kier alpha value is -0.850.